The molecule has 5 heteroatoms. The van der Waals surface area contributed by atoms with E-state index < -0.39 is 0 Å². The van der Waals surface area contributed by atoms with Crippen molar-refractivity contribution in [1.82, 2.24) is 9.88 Å². The molecule has 5 nitrogen and oxygen atoms in total. The van der Waals surface area contributed by atoms with Crippen molar-refractivity contribution in [1.29, 1.82) is 0 Å². The number of carbonyl (C=O) groups is 1. The minimum atomic E-state index is -0.188. The fourth-order valence-corrected chi connectivity index (χ4v) is 3.12. The van der Waals surface area contributed by atoms with Crippen LogP contribution in [0.1, 0.15) is 20.3 Å². The lowest BCUT2D eigenvalue weighted by molar-refractivity contribution is -0.169. The third-order valence-electron chi connectivity index (χ3n) is 4.41. The molecule has 1 amide bonds. The minimum absolute atomic E-state index is 0.0499. The van der Waals surface area contributed by atoms with Crippen molar-refractivity contribution in [2.45, 2.75) is 25.9 Å². The van der Waals surface area contributed by atoms with E-state index in [2.05, 4.69) is 4.98 Å². The first-order valence-electron chi connectivity index (χ1n) is 7.56. The van der Waals surface area contributed by atoms with E-state index in [9.17, 15) is 4.79 Å². The van der Waals surface area contributed by atoms with Crippen molar-refractivity contribution in [3.05, 3.63) is 24.5 Å². The Kier molecular flexibility index (Phi) is 3.85. The summed E-state index contributed by atoms with van der Waals surface area (Å²) in [6, 6.07) is 3.77. The summed E-state index contributed by atoms with van der Waals surface area (Å²) < 4.78 is 11.8. The van der Waals surface area contributed by atoms with Gasteiger partial charge in [-0.15, -0.1) is 0 Å². The van der Waals surface area contributed by atoms with E-state index in [1.807, 2.05) is 30.9 Å². The average molecular weight is 290 g/mol. The van der Waals surface area contributed by atoms with E-state index in [0.717, 1.165) is 18.8 Å². The maximum absolute atomic E-state index is 12.0. The number of amides is 1. The molecular formula is C16H22N2O3. The van der Waals surface area contributed by atoms with Crippen LogP contribution in [-0.4, -0.2) is 47.7 Å². The van der Waals surface area contributed by atoms with Gasteiger partial charge in [0.1, 0.15) is 11.4 Å². The molecule has 1 spiro atoms. The van der Waals surface area contributed by atoms with E-state index in [0.29, 0.717) is 25.6 Å². The molecule has 2 aliphatic heterocycles. The lowest BCUT2D eigenvalue weighted by atomic mass is 9.80. The van der Waals surface area contributed by atoms with Crippen molar-refractivity contribution in [3.8, 4) is 5.75 Å². The normalized spacial score (nSPS) is 23.4. The third kappa shape index (κ3) is 2.75. The van der Waals surface area contributed by atoms with Gasteiger partial charge in [0.15, 0.2) is 0 Å². The fourth-order valence-electron chi connectivity index (χ4n) is 3.12. The maximum atomic E-state index is 12.0. The molecule has 2 aliphatic rings. The number of hydrogen-bond acceptors (Lipinski definition) is 4. The van der Waals surface area contributed by atoms with Crippen LogP contribution in [-0.2, 0) is 9.53 Å². The van der Waals surface area contributed by atoms with Crippen LogP contribution in [0.2, 0.25) is 0 Å². The Hall–Kier alpha value is -1.62. The van der Waals surface area contributed by atoms with Gasteiger partial charge >= 0.3 is 0 Å². The standard InChI is InChI=1S/C16H22N2O3/c1-12(2)15(19)18-10-16(11-18)13(5-7-21-16)9-20-14-4-3-6-17-8-14/h3-4,6,8,12-13H,5,7,9-11H2,1-2H3/t13-/m0/s1. The van der Waals surface area contributed by atoms with Crippen LogP contribution in [0, 0.1) is 11.8 Å². The molecule has 3 heterocycles. The predicted octanol–water partition coefficient (Wildman–Crippen LogP) is 1.73. The molecule has 2 fully saturated rings. The second-order valence-corrected chi connectivity index (χ2v) is 6.25. The molecule has 114 valence electrons. The van der Waals surface area contributed by atoms with Gasteiger partial charge in [0.2, 0.25) is 5.91 Å². The number of likely N-dealkylation sites (tertiary alicyclic amines) is 1. The molecule has 0 aliphatic carbocycles. The summed E-state index contributed by atoms with van der Waals surface area (Å²) in [4.78, 5) is 17.9. The Labute approximate surface area is 125 Å². The molecular weight excluding hydrogens is 268 g/mol. The van der Waals surface area contributed by atoms with Crippen LogP contribution < -0.4 is 4.74 Å². The van der Waals surface area contributed by atoms with E-state index in [-0.39, 0.29) is 17.4 Å². The fraction of sp³-hybridized carbons (Fsp3) is 0.625. The number of ether oxygens (including phenoxy) is 2. The largest absolute Gasteiger partial charge is 0.492 e. The van der Waals surface area contributed by atoms with Crippen LogP contribution in [0.15, 0.2) is 24.5 Å². The highest BCUT2D eigenvalue weighted by Gasteiger charge is 2.54. The number of nitrogens with zero attached hydrogens (tertiary/aromatic N) is 2. The molecule has 3 rings (SSSR count). The lowest BCUT2D eigenvalue weighted by Gasteiger charge is -2.50. The van der Waals surface area contributed by atoms with Gasteiger partial charge in [-0.25, -0.2) is 0 Å². The van der Waals surface area contributed by atoms with Crippen molar-refractivity contribution in [2.75, 3.05) is 26.3 Å². The number of pyridine rings is 1. The topological polar surface area (TPSA) is 51.7 Å². The van der Waals surface area contributed by atoms with Crippen molar-refractivity contribution >= 4 is 5.91 Å². The Bertz CT molecular complexity index is 498. The number of rotatable bonds is 4. The smallest absolute Gasteiger partial charge is 0.225 e. The first-order chi connectivity index (χ1) is 10.1. The summed E-state index contributed by atoms with van der Waals surface area (Å²) in [5, 5.41) is 0. The monoisotopic (exact) mass is 290 g/mol. The third-order valence-corrected chi connectivity index (χ3v) is 4.41. The number of carbonyl (C=O) groups excluding carboxylic acids is 1. The maximum Gasteiger partial charge on any atom is 0.225 e. The van der Waals surface area contributed by atoms with Gasteiger partial charge in [-0.05, 0) is 18.6 Å². The zero-order chi connectivity index (χ0) is 14.9. The van der Waals surface area contributed by atoms with Crippen molar-refractivity contribution in [3.63, 3.8) is 0 Å². The Morgan fingerprint density at radius 2 is 2.38 bits per heavy atom. The van der Waals surface area contributed by atoms with E-state index >= 15 is 0 Å². The first-order valence-corrected chi connectivity index (χ1v) is 7.56. The summed E-state index contributed by atoms with van der Waals surface area (Å²) in [7, 11) is 0. The Morgan fingerprint density at radius 3 is 3.05 bits per heavy atom. The van der Waals surface area contributed by atoms with Crippen molar-refractivity contribution in [2.24, 2.45) is 11.8 Å². The van der Waals surface area contributed by atoms with Crippen LogP contribution in [0.3, 0.4) is 0 Å². The van der Waals surface area contributed by atoms with E-state index in [1.54, 1.807) is 12.4 Å². The molecule has 0 saturated carbocycles. The van der Waals surface area contributed by atoms with E-state index in [4.69, 9.17) is 9.47 Å². The van der Waals surface area contributed by atoms with Gasteiger partial charge in [-0.1, -0.05) is 13.8 Å². The SMILES string of the molecule is CC(C)C(=O)N1CC2(C1)OCC[C@H]2COc1cccnc1. The number of hydrogen-bond donors (Lipinski definition) is 0. The summed E-state index contributed by atoms with van der Waals surface area (Å²) in [6.45, 7) is 6.65. The van der Waals surface area contributed by atoms with Crippen LogP contribution >= 0.6 is 0 Å². The van der Waals surface area contributed by atoms with Crippen molar-refractivity contribution < 1.29 is 14.3 Å². The van der Waals surface area contributed by atoms with Crippen LogP contribution in [0.25, 0.3) is 0 Å². The summed E-state index contributed by atoms with van der Waals surface area (Å²) in [5.74, 6) is 1.39. The van der Waals surface area contributed by atoms with Gasteiger partial charge in [-0.2, -0.15) is 0 Å². The zero-order valence-electron chi connectivity index (χ0n) is 12.6. The average Bonchev–Trinajstić information content (AvgIpc) is 2.87. The second kappa shape index (κ2) is 5.64. The molecule has 0 bridgehead atoms. The predicted molar refractivity (Wildman–Crippen MR) is 77.9 cm³/mol. The Morgan fingerprint density at radius 1 is 1.57 bits per heavy atom. The summed E-state index contributed by atoms with van der Waals surface area (Å²) in [6.07, 6.45) is 4.44. The quantitative estimate of drug-likeness (QED) is 0.847. The highest BCUT2D eigenvalue weighted by atomic mass is 16.5. The zero-order valence-corrected chi connectivity index (χ0v) is 12.6. The van der Waals surface area contributed by atoms with Crippen LogP contribution in [0.5, 0.6) is 5.75 Å². The number of aromatic nitrogens is 1. The molecule has 1 aromatic rings. The highest BCUT2D eigenvalue weighted by Crippen LogP contribution is 2.40. The van der Waals surface area contributed by atoms with Gasteiger partial charge < -0.3 is 14.4 Å². The van der Waals surface area contributed by atoms with Gasteiger partial charge in [0.05, 0.1) is 25.9 Å². The minimum Gasteiger partial charge on any atom is -0.492 e. The second-order valence-electron chi connectivity index (χ2n) is 6.25. The molecule has 1 aromatic heterocycles. The van der Waals surface area contributed by atoms with Gasteiger partial charge in [0.25, 0.3) is 0 Å². The molecule has 0 N–H and O–H groups in total. The first kappa shape index (κ1) is 14.3. The molecule has 0 unspecified atom stereocenters. The Balaban J connectivity index is 1.56. The van der Waals surface area contributed by atoms with Crippen LogP contribution in [0.4, 0.5) is 0 Å². The summed E-state index contributed by atoms with van der Waals surface area (Å²) >= 11 is 0. The molecule has 1 atom stereocenters. The van der Waals surface area contributed by atoms with Gasteiger partial charge in [0, 0.05) is 24.6 Å². The summed E-state index contributed by atoms with van der Waals surface area (Å²) in [5.41, 5.74) is -0.188. The molecule has 0 radical (unpaired) electrons. The van der Waals surface area contributed by atoms with E-state index in [1.165, 1.54) is 0 Å². The molecule has 21 heavy (non-hydrogen) atoms. The van der Waals surface area contributed by atoms with Gasteiger partial charge in [-0.3, -0.25) is 9.78 Å². The highest BCUT2D eigenvalue weighted by molar-refractivity contribution is 5.79. The molecule has 2 saturated heterocycles. The molecule has 0 aromatic carbocycles. The lowest BCUT2D eigenvalue weighted by Crippen LogP contribution is -2.67.